The van der Waals surface area contributed by atoms with Gasteiger partial charge in [0.1, 0.15) is 0 Å². The van der Waals surface area contributed by atoms with Gasteiger partial charge in [-0.15, -0.1) is 0 Å². The van der Waals surface area contributed by atoms with E-state index >= 15 is 0 Å². The topological polar surface area (TPSA) is 71.3 Å². The van der Waals surface area contributed by atoms with Crippen molar-refractivity contribution in [1.82, 2.24) is 0 Å². The van der Waals surface area contributed by atoms with Crippen LogP contribution in [0.3, 0.4) is 0 Å². The van der Waals surface area contributed by atoms with Gasteiger partial charge in [-0.25, -0.2) is 0 Å². The van der Waals surface area contributed by atoms with Crippen LogP contribution in [0, 0.1) is 11.3 Å². The van der Waals surface area contributed by atoms with Gasteiger partial charge in [-0.3, -0.25) is 4.99 Å². The molecule has 169 valence electrons. The summed E-state index contributed by atoms with van der Waals surface area (Å²) in [6.45, 7) is 8.34. The third-order valence-corrected chi connectivity index (χ3v) is 5.60. The monoisotopic (exact) mass is 494 g/mol. The molecule has 0 amide bonds. The summed E-state index contributed by atoms with van der Waals surface area (Å²) in [5, 5.41) is 21.7. The van der Waals surface area contributed by atoms with E-state index in [9.17, 15) is 10.2 Å². The average Bonchev–Trinajstić information content (AvgIpc) is 2.50. The molecule has 1 aliphatic carbocycles. The van der Waals surface area contributed by atoms with Gasteiger partial charge in [0.05, 0.1) is 43.6 Å². The van der Waals surface area contributed by atoms with Crippen molar-refractivity contribution in [1.29, 1.82) is 0 Å². The number of hydrogen-bond acceptors (Lipinski definition) is 5. The Morgan fingerprint density at radius 3 is 1.90 bits per heavy atom. The maximum Gasteiger partial charge on any atom is 2.00 e. The molecule has 5 nitrogen and oxygen atoms in total. The molecule has 0 spiro atoms. The minimum Gasteiger partial charge on any atom is -1.00 e. The zero-order valence-electron chi connectivity index (χ0n) is 17.7. The van der Waals surface area contributed by atoms with E-state index in [1.54, 1.807) is 14.2 Å². The third kappa shape index (κ3) is 5.81. The number of aliphatic hydroxyl groups excluding tert-OH is 2. The van der Waals surface area contributed by atoms with Crippen molar-refractivity contribution in [3.63, 3.8) is 0 Å². The summed E-state index contributed by atoms with van der Waals surface area (Å²) in [6, 6.07) is 3.93. The summed E-state index contributed by atoms with van der Waals surface area (Å²) < 4.78 is 10.9. The largest absolute Gasteiger partial charge is 2.00 e. The maximum absolute atomic E-state index is 10.9. The van der Waals surface area contributed by atoms with E-state index < -0.39 is 12.2 Å². The van der Waals surface area contributed by atoms with Gasteiger partial charge in [0, 0.05) is 5.56 Å². The normalized spacial score (nSPS) is 26.5. The summed E-state index contributed by atoms with van der Waals surface area (Å²) in [5.74, 6) is 0.937. The first-order chi connectivity index (χ1) is 12.1. The van der Waals surface area contributed by atoms with Crippen LogP contribution in [0.1, 0.15) is 51.7 Å². The molecule has 1 aliphatic heterocycles. The number of halogens is 2. The minimum absolute atomic E-state index is 0. The van der Waals surface area contributed by atoms with Crippen LogP contribution in [-0.2, 0) is 23.5 Å². The van der Waals surface area contributed by atoms with Crippen molar-refractivity contribution < 1.29 is 61.6 Å². The zero-order chi connectivity index (χ0) is 19.3. The quantitative estimate of drug-likeness (QED) is 0.438. The van der Waals surface area contributed by atoms with E-state index in [4.69, 9.17) is 14.5 Å². The number of methoxy groups -OCH3 is 2. The first-order valence-electron chi connectivity index (χ1n) is 9.28. The van der Waals surface area contributed by atoms with E-state index in [1.807, 2.05) is 12.1 Å². The van der Waals surface area contributed by atoms with E-state index in [0.29, 0.717) is 24.3 Å². The van der Waals surface area contributed by atoms with Gasteiger partial charge in [0.15, 0.2) is 11.5 Å². The second-order valence-electron chi connectivity index (χ2n) is 9.08. The van der Waals surface area contributed by atoms with Gasteiger partial charge in [-0.2, -0.15) is 0 Å². The first-order valence-corrected chi connectivity index (χ1v) is 9.28. The molecule has 2 N–H and O–H groups in total. The fraction of sp³-hybridized carbons (Fsp3) is 0.667. The van der Waals surface area contributed by atoms with E-state index in [-0.39, 0.29) is 58.8 Å². The molecule has 1 fully saturated rings. The molecule has 1 radical (unpaired) electrons. The SMILES string of the molecule is COc1cc2c(cc1OC)C(C1C(O)CC(C)(C)CC1O)=NC(C)(C)C2.[Cl-].[Cl-].[Cu+2]. The molecule has 0 saturated heterocycles. The van der Waals surface area contributed by atoms with Gasteiger partial charge in [-0.1, -0.05) is 13.8 Å². The number of benzene rings is 1. The molecule has 2 unspecified atom stereocenters. The number of fused-ring (bicyclic) bond motifs is 1. The summed E-state index contributed by atoms with van der Waals surface area (Å²) in [5.41, 5.74) is 2.47. The van der Waals surface area contributed by atoms with E-state index in [1.165, 1.54) is 0 Å². The van der Waals surface area contributed by atoms with Gasteiger partial charge in [-0.05, 0) is 56.2 Å². The summed E-state index contributed by atoms with van der Waals surface area (Å²) in [7, 11) is 3.24. The maximum atomic E-state index is 10.9. The zero-order valence-corrected chi connectivity index (χ0v) is 20.2. The Morgan fingerprint density at radius 2 is 1.41 bits per heavy atom. The molecule has 1 aromatic rings. The summed E-state index contributed by atoms with van der Waals surface area (Å²) >= 11 is 0. The summed E-state index contributed by atoms with van der Waals surface area (Å²) in [4.78, 5) is 4.96. The standard InChI is InChI=1S/C21H31NO4.2ClH.Cu/c1-20(2)10-14(23)18(15(24)11-20)19-13-8-17(26-6)16(25-5)7-12(13)9-21(3,4)22-19;;;/h7-8,14-15,18,23-24H,9-11H2,1-6H3;2*1H;/q;;;+2/p-2. The Bertz CT molecular complexity index is 726. The Balaban J connectivity index is 0.00000261. The summed E-state index contributed by atoms with van der Waals surface area (Å²) in [6.07, 6.45) is 0.828. The molecule has 0 aromatic heterocycles. The minimum atomic E-state index is -0.623. The molecule has 8 heteroatoms. The Kier molecular flexibility index (Phi) is 10.0. The van der Waals surface area contributed by atoms with E-state index in [0.717, 1.165) is 23.3 Å². The van der Waals surface area contributed by atoms with Crippen LogP contribution in [0.4, 0.5) is 0 Å². The van der Waals surface area contributed by atoms with Crippen LogP contribution in [0.25, 0.3) is 0 Å². The molecule has 2 aliphatic rings. The Hall–Kier alpha value is -0.491. The Morgan fingerprint density at radius 1 is 0.931 bits per heavy atom. The molecule has 0 bridgehead atoms. The second-order valence-corrected chi connectivity index (χ2v) is 9.08. The molecular weight excluding hydrogens is 465 g/mol. The predicted molar refractivity (Wildman–Crippen MR) is 102 cm³/mol. The number of aliphatic hydroxyl groups is 2. The molecule has 3 rings (SSSR count). The Labute approximate surface area is 197 Å². The average molecular weight is 496 g/mol. The second kappa shape index (κ2) is 10.2. The third-order valence-electron chi connectivity index (χ3n) is 5.60. The van der Waals surface area contributed by atoms with Gasteiger partial charge < -0.3 is 44.5 Å². The van der Waals surface area contributed by atoms with Crippen molar-refractivity contribution >= 4 is 5.71 Å². The first kappa shape index (κ1) is 28.5. The van der Waals surface area contributed by atoms with E-state index in [2.05, 4.69) is 27.7 Å². The van der Waals surface area contributed by atoms with Gasteiger partial charge in [0.2, 0.25) is 0 Å². The number of hydrogen-bond donors (Lipinski definition) is 2. The van der Waals surface area contributed by atoms with Crippen LogP contribution >= 0.6 is 0 Å². The molecule has 2 atom stereocenters. The van der Waals surface area contributed by atoms with Gasteiger partial charge >= 0.3 is 17.1 Å². The molecule has 1 heterocycles. The fourth-order valence-corrected chi connectivity index (χ4v) is 4.54. The van der Waals surface area contributed by atoms with Crippen LogP contribution in [0.2, 0.25) is 0 Å². The number of aliphatic imine (C=N–C) groups is 1. The predicted octanol–water partition coefficient (Wildman–Crippen LogP) is -3.01. The fourth-order valence-electron chi connectivity index (χ4n) is 4.54. The van der Waals surface area contributed by atoms with Crippen molar-refractivity contribution in [2.75, 3.05) is 14.2 Å². The number of nitrogens with zero attached hydrogens (tertiary/aromatic N) is 1. The molecular formula is C21H31Cl2CuNO4. The van der Waals surface area contributed by atoms with Crippen molar-refractivity contribution in [3.8, 4) is 11.5 Å². The number of ether oxygens (including phenoxy) is 2. The van der Waals surface area contributed by atoms with Crippen LogP contribution in [0.15, 0.2) is 17.1 Å². The smallest absolute Gasteiger partial charge is 1.00 e. The van der Waals surface area contributed by atoms with Crippen molar-refractivity contribution in [2.24, 2.45) is 16.3 Å². The number of rotatable bonds is 3. The van der Waals surface area contributed by atoms with Crippen LogP contribution < -0.4 is 34.3 Å². The van der Waals surface area contributed by atoms with Crippen molar-refractivity contribution in [2.45, 2.75) is 64.7 Å². The molecule has 29 heavy (non-hydrogen) atoms. The molecule has 1 saturated carbocycles. The van der Waals surface area contributed by atoms with Crippen LogP contribution in [-0.4, -0.2) is 47.9 Å². The van der Waals surface area contributed by atoms with Crippen molar-refractivity contribution in [3.05, 3.63) is 23.3 Å². The van der Waals surface area contributed by atoms with Crippen LogP contribution in [0.5, 0.6) is 11.5 Å². The molecule has 1 aromatic carbocycles. The van der Waals surface area contributed by atoms with Gasteiger partial charge in [0.25, 0.3) is 0 Å².